The first-order valence-electron chi connectivity index (χ1n) is 15.9. The Balaban J connectivity index is 1.13. The number of hydrogen-bond acceptors (Lipinski definition) is 3. The Kier molecular flexibility index (Phi) is 10.1. The molecule has 1 N–H and O–H groups in total. The average molecular weight is 563 g/mol. The molecule has 1 saturated carbocycles. The monoisotopic (exact) mass is 562 g/mol. The van der Waals surface area contributed by atoms with Gasteiger partial charge in [0.2, 0.25) is 0 Å². The Hall–Kier alpha value is -3.43. The molecule has 5 rings (SSSR count). The summed E-state index contributed by atoms with van der Waals surface area (Å²) in [7, 11) is 0. The predicted octanol–water partition coefficient (Wildman–Crippen LogP) is 9.47. The van der Waals surface area contributed by atoms with Crippen molar-refractivity contribution in [2.45, 2.75) is 71.6 Å². The number of ether oxygens (including phenoxy) is 1. The van der Waals surface area contributed by atoms with E-state index in [1.165, 1.54) is 82.3 Å². The molecule has 0 heterocycles. The Morgan fingerprint density at radius 1 is 0.810 bits per heavy atom. The van der Waals surface area contributed by atoms with Crippen molar-refractivity contribution in [1.29, 1.82) is 0 Å². The Bertz CT molecular complexity index is 1530. The maximum absolute atomic E-state index is 11.7. The van der Waals surface area contributed by atoms with Gasteiger partial charge in [0, 0.05) is 18.1 Å². The number of hydrogen-bond donors (Lipinski definition) is 1. The van der Waals surface area contributed by atoms with E-state index < -0.39 is 0 Å². The number of rotatable bonds is 12. The lowest BCUT2D eigenvalue weighted by molar-refractivity contribution is -0.140. The third-order valence-corrected chi connectivity index (χ3v) is 9.21. The summed E-state index contributed by atoms with van der Waals surface area (Å²) in [5.74, 6) is 1.03. The second kappa shape index (κ2) is 14.2. The van der Waals surface area contributed by atoms with Crippen molar-refractivity contribution in [3.63, 3.8) is 0 Å². The second-order valence-corrected chi connectivity index (χ2v) is 12.6. The number of aliphatic hydroxyl groups excluding tert-OH is 1. The quantitative estimate of drug-likeness (QED) is 0.138. The van der Waals surface area contributed by atoms with E-state index in [-0.39, 0.29) is 25.1 Å². The summed E-state index contributed by atoms with van der Waals surface area (Å²) in [6.45, 7) is 7.86. The molecule has 3 nitrogen and oxygen atoms in total. The summed E-state index contributed by atoms with van der Waals surface area (Å²) in [5.41, 5.74) is 5.78. The normalized spacial score (nSPS) is 17.8. The van der Waals surface area contributed by atoms with Gasteiger partial charge in [0.05, 0.1) is 6.61 Å². The van der Waals surface area contributed by atoms with E-state index >= 15 is 0 Å². The molecule has 220 valence electrons. The zero-order valence-corrected chi connectivity index (χ0v) is 25.4. The highest BCUT2D eigenvalue weighted by atomic mass is 16.5. The zero-order valence-electron chi connectivity index (χ0n) is 25.4. The summed E-state index contributed by atoms with van der Waals surface area (Å²) in [6.07, 6.45) is 10.5. The van der Waals surface area contributed by atoms with Crippen LogP contribution >= 0.6 is 0 Å². The zero-order chi connectivity index (χ0) is 29.5. The van der Waals surface area contributed by atoms with E-state index in [1.807, 2.05) is 0 Å². The van der Waals surface area contributed by atoms with Crippen molar-refractivity contribution < 1.29 is 14.6 Å². The van der Waals surface area contributed by atoms with Gasteiger partial charge in [-0.25, -0.2) is 4.79 Å². The van der Waals surface area contributed by atoms with Crippen molar-refractivity contribution >= 4 is 27.5 Å². The van der Waals surface area contributed by atoms with Gasteiger partial charge in [-0.1, -0.05) is 106 Å². The molecule has 1 aliphatic carbocycles. The van der Waals surface area contributed by atoms with Gasteiger partial charge >= 0.3 is 5.97 Å². The van der Waals surface area contributed by atoms with Crippen LogP contribution in [-0.4, -0.2) is 24.3 Å². The van der Waals surface area contributed by atoms with Crippen LogP contribution in [0, 0.1) is 17.8 Å². The minimum absolute atomic E-state index is 0.0213. The largest absolute Gasteiger partial charge is 0.462 e. The van der Waals surface area contributed by atoms with E-state index in [9.17, 15) is 9.90 Å². The Labute approximate surface area is 251 Å². The van der Waals surface area contributed by atoms with E-state index in [2.05, 4.69) is 86.3 Å². The molecule has 1 fully saturated rings. The highest BCUT2D eigenvalue weighted by Gasteiger charge is 2.24. The molecule has 0 aliphatic heterocycles. The smallest absolute Gasteiger partial charge is 0.333 e. The van der Waals surface area contributed by atoms with Gasteiger partial charge in [0.1, 0.15) is 0 Å². The van der Waals surface area contributed by atoms with Gasteiger partial charge < -0.3 is 9.84 Å². The molecule has 1 aliphatic rings. The minimum atomic E-state index is -0.364. The van der Waals surface area contributed by atoms with E-state index in [0.717, 1.165) is 25.2 Å². The fourth-order valence-electron chi connectivity index (χ4n) is 6.66. The van der Waals surface area contributed by atoms with Gasteiger partial charge in [-0.05, 0) is 100 Å². The molecule has 4 aromatic carbocycles. The summed E-state index contributed by atoms with van der Waals surface area (Å²) >= 11 is 0. The summed E-state index contributed by atoms with van der Waals surface area (Å²) in [6, 6.07) is 27.5. The number of fused-ring (bicyclic) bond motifs is 2. The van der Waals surface area contributed by atoms with Crippen molar-refractivity contribution in [3.8, 4) is 11.1 Å². The number of carbonyl (C=O) groups is 1. The van der Waals surface area contributed by atoms with Gasteiger partial charge in [0.15, 0.2) is 0 Å². The van der Waals surface area contributed by atoms with Crippen molar-refractivity contribution in [2.75, 3.05) is 13.2 Å². The van der Waals surface area contributed by atoms with Crippen molar-refractivity contribution in [1.82, 2.24) is 0 Å². The summed E-state index contributed by atoms with van der Waals surface area (Å²) in [4.78, 5) is 11.7. The molecule has 0 spiro atoms. The van der Waals surface area contributed by atoms with Crippen molar-refractivity contribution in [2.24, 2.45) is 17.8 Å². The number of benzene rings is 4. The van der Waals surface area contributed by atoms with Gasteiger partial charge in [-0.2, -0.15) is 0 Å². The van der Waals surface area contributed by atoms with Crippen LogP contribution in [0.25, 0.3) is 32.7 Å². The summed E-state index contributed by atoms with van der Waals surface area (Å²) < 4.78 is 5.29. The third-order valence-electron chi connectivity index (χ3n) is 9.21. The van der Waals surface area contributed by atoms with Gasteiger partial charge in [-0.15, -0.1) is 0 Å². The van der Waals surface area contributed by atoms with Crippen LogP contribution in [0.4, 0.5) is 0 Å². The lowest BCUT2D eigenvalue weighted by Crippen LogP contribution is -2.23. The molecule has 1 atom stereocenters. The molecular weight excluding hydrogens is 516 g/mol. The van der Waals surface area contributed by atoms with E-state index in [1.54, 1.807) is 6.92 Å². The third kappa shape index (κ3) is 7.69. The molecule has 1 unspecified atom stereocenters. The number of esters is 1. The predicted molar refractivity (Wildman–Crippen MR) is 176 cm³/mol. The van der Waals surface area contributed by atoms with Crippen LogP contribution in [0.5, 0.6) is 0 Å². The van der Waals surface area contributed by atoms with Crippen LogP contribution in [-0.2, 0) is 22.4 Å². The number of aliphatic hydroxyl groups is 1. The summed E-state index contributed by atoms with van der Waals surface area (Å²) in [5, 5.41) is 15.0. The van der Waals surface area contributed by atoms with Crippen LogP contribution in [0.15, 0.2) is 84.9 Å². The van der Waals surface area contributed by atoms with Crippen LogP contribution in [0.2, 0.25) is 0 Å². The molecule has 0 radical (unpaired) electrons. The maximum atomic E-state index is 11.7. The molecule has 3 heteroatoms. The highest BCUT2D eigenvalue weighted by Crippen LogP contribution is 2.35. The first kappa shape index (κ1) is 30.0. The van der Waals surface area contributed by atoms with Crippen molar-refractivity contribution in [3.05, 3.63) is 96.1 Å². The topological polar surface area (TPSA) is 46.5 Å². The van der Waals surface area contributed by atoms with Gasteiger partial charge in [0.25, 0.3) is 0 Å². The first-order valence-corrected chi connectivity index (χ1v) is 15.9. The molecule has 4 aromatic rings. The fourth-order valence-corrected chi connectivity index (χ4v) is 6.66. The average Bonchev–Trinajstić information content (AvgIpc) is 3.02. The highest BCUT2D eigenvalue weighted by molar-refractivity contribution is 5.91. The van der Waals surface area contributed by atoms with E-state index in [0.29, 0.717) is 11.5 Å². The SMILES string of the molecule is C=C(C)C(=O)OCC(CO)CC1CCC(CCc2ccc3cc(-c4ccc5cc(CCC)ccc5c4)ccc3c2)CC1. The molecule has 0 bridgehead atoms. The molecule has 42 heavy (non-hydrogen) atoms. The lowest BCUT2D eigenvalue weighted by Gasteiger charge is -2.30. The van der Waals surface area contributed by atoms with Gasteiger partial charge in [-0.3, -0.25) is 0 Å². The Morgan fingerprint density at radius 3 is 1.88 bits per heavy atom. The second-order valence-electron chi connectivity index (χ2n) is 12.6. The maximum Gasteiger partial charge on any atom is 0.333 e. The fraction of sp³-hybridized carbons (Fsp3) is 0.410. The molecule has 0 saturated heterocycles. The minimum Gasteiger partial charge on any atom is -0.462 e. The van der Waals surface area contributed by atoms with E-state index in [4.69, 9.17) is 4.74 Å². The molecule has 0 amide bonds. The molecule has 0 aromatic heterocycles. The standard InChI is InChI=1S/C39H46O3/c1-4-5-29-12-14-35-23-37(18-16-33(35)21-29)38-19-17-34-22-31(13-15-36(34)24-38)11-8-28-6-9-30(10-7-28)20-32(25-40)26-42-39(41)27(2)3/h12-19,21-24,28,30,32,40H,2,4-11,20,25-26H2,1,3H3. The van der Waals surface area contributed by atoms with Crippen LogP contribution in [0.1, 0.15) is 69.9 Å². The number of carbonyl (C=O) groups excluding carboxylic acids is 1. The molecular formula is C39H46O3. The Morgan fingerprint density at radius 2 is 1.33 bits per heavy atom. The van der Waals surface area contributed by atoms with Crippen LogP contribution in [0.3, 0.4) is 0 Å². The number of aryl methyl sites for hydroxylation is 2. The van der Waals surface area contributed by atoms with Crippen LogP contribution < -0.4 is 0 Å². The lowest BCUT2D eigenvalue weighted by atomic mass is 9.76. The first-order chi connectivity index (χ1) is 20.4.